The number of pyridine rings is 1. The lowest BCUT2D eigenvalue weighted by Crippen LogP contribution is -2.10. The predicted octanol–water partition coefficient (Wildman–Crippen LogP) is 3.43. The second kappa shape index (κ2) is 6.12. The Kier molecular flexibility index (Phi) is 5.08. The van der Waals surface area contributed by atoms with Crippen molar-refractivity contribution in [1.82, 2.24) is 4.98 Å². The van der Waals surface area contributed by atoms with E-state index in [1.807, 2.05) is 0 Å². The fraction of sp³-hybridized carbons (Fsp3) is 0.400. The number of halogens is 4. The molecule has 0 amide bonds. The number of alkyl halides is 2. The monoisotopic (exact) mass is 283 g/mol. The van der Waals surface area contributed by atoms with Crippen molar-refractivity contribution in [1.29, 1.82) is 0 Å². The van der Waals surface area contributed by atoms with Crippen molar-refractivity contribution in [3.8, 4) is 0 Å². The molecule has 1 aromatic heterocycles. The molecule has 0 radical (unpaired) electrons. The molecule has 1 aromatic rings. The van der Waals surface area contributed by atoms with Crippen LogP contribution in [0.1, 0.15) is 24.5 Å². The molecule has 7 heteroatoms. The molecular weight excluding hydrogens is 275 g/mol. The summed E-state index contributed by atoms with van der Waals surface area (Å²) in [5, 5.41) is -0.439. The maximum Gasteiger partial charge on any atom is 0.310 e. The molecule has 1 heterocycles. The van der Waals surface area contributed by atoms with Crippen molar-refractivity contribution in [2.75, 3.05) is 6.61 Å². The summed E-state index contributed by atoms with van der Waals surface area (Å²) in [6.45, 7) is 1.80. The highest BCUT2D eigenvalue weighted by atomic mass is 35.5. The number of hydrogen-bond donors (Lipinski definition) is 0. The predicted molar refractivity (Wildman–Crippen MR) is 59.6 cm³/mol. The minimum Gasteiger partial charge on any atom is -0.466 e. The minimum atomic E-state index is -2.82. The van der Waals surface area contributed by atoms with Crippen LogP contribution in [0.25, 0.3) is 0 Å². The van der Waals surface area contributed by atoms with Crippen LogP contribution in [0.15, 0.2) is 6.07 Å². The fourth-order valence-electron chi connectivity index (χ4n) is 1.28. The zero-order valence-corrected chi connectivity index (χ0v) is 10.4. The number of carbonyl (C=O) groups excluding carboxylic acids is 1. The van der Waals surface area contributed by atoms with E-state index in [0.717, 1.165) is 0 Å². The molecule has 0 saturated carbocycles. The van der Waals surface area contributed by atoms with Crippen molar-refractivity contribution in [2.24, 2.45) is 0 Å². The molecule has 0 atom stereocenters. The van der Waals surface area contributed by atoms with Gasteiger partial charge in [-0.1, -0.05) is 23.2 Å². The normalized spacial score (nSPS) is 10.7. The Bertz CT molecular complexity index is 427. The van der Waals surface area contributed by atoms with Crippen molar-refractivity contribution in [2.45, 2.75) is 19.8 Å². The van der Waals surface area contributed by atoms with E-state index in [9.17, 15) is 13.6 Å². The molecule has 94 valence electrons. The van der Waals surface area contributed by atoms with Gasteiger partial charge in [0.1, 0.15) is 10.3 Å². The van der Waals surface area contributed by atoms with Crippen molar-refractivity contribution < 1.29 is 18.3 Å². The molecule has 0 unspecified atom stereocenters. The summed E-state index contributed by atoms with van der Waals surface area (Å²) < 4.78 is 30.1. The molecule has 0 spiro atoms. The summed E-state index contributed by atoms with van der Waals surface area (Å²) in [5.41, 5.74) is -0.451. The van der Waals surface area contributed by atoms with Gasteiger partial charge in [0.15, 0.2) is 0 Å². The SMILES string of the molecule is CCOC(=O)Cc1cc(Cl)nc(Cl)c1C(F)F. The quantitative estimate of drug-likeness (QED) is 0.628. The zero-order valence-electron chi connectivity index (χ0n) is 8.84. The highest BCUT2D eigenvalue weighted by Crippen LogP contribution is 2.31. The summed E-state index contributed by atoms with van der Waals surface area (Å²) >= 11 is 11.2. The average Bonchev–Trinajstić information content (AvgIpc) is 2.15. The van der Waals surface area contributed by atoms with E-state index in [1.165, 1.54) is 6.07 Å². The molecule has 0 bridgehead atoms. The molecule has 0 aliphatic rings. The second-order valence-corrected chi connectivity index (χ2v) is 3.84. The lowest BCUT2D eigenvalue weighted by atomic mass is 10.1. The van der Waals surface area contributed by atoms with Crippen LogP contribution in [0.4, 0.5) is 8.78 Å². The van der Waals surface area contributed by atoms with Gasteiger partial charge >= 0.3 is 5.97 Å². The Balaban J connectivity index is 3.08. The summed E-state index contributed by atoms with van der Waals surface area (Å²) in [6, 6.07) is 1.19. The first-order chi connectivity index (χ1) is 7.95. The Hall–Kier alpha value is -0.940. The van der Waals surface area contributed by atoms with Gasteiger partial charge in [-0.25, -0.2) is 13.8 Å². The Morgan fingerprint density at radius 3 is 2.71 bits per heavy atom. The fourth-order valence-corrected chi connectivity index (χ4v) is 1.84. The Morgan fingerprint density at radius 1 is 1.53 bits per heavy atom. The molecular formula is C10H9Cl2F2NO2. The maximum absolute atomic E-state index is 12.7. The Morgan fingerprint density at radius 2 is 2.18 bits per heavy atom. The van der Waals surface area contributed by atoms with Gasteiger partial charge < -0.3 is 4.74 Å². The van der Waals surface area contributed by atoms with E-state index < -0.39 is 23.1 Å². The molecule has 0 N–H and O–H groups in total. The third-order valence-corrected chi connectivity index (χ3v) is 2.41. The van der Waals surface area contributed by atoms with Gasteiger partial charge in [0, 0.05) is 0 Å². The molecule has 0 aliphatic heterocycles. The van der Waals surface area contributed by atoms with Crippen LogP contribution >= 0.6 is 23.2 Å². The number of hydrogen-bond acceptors (Lipinski definition) is 3. The molecule has 3 nitrogen and oxygen atoms in total. The first kappa shape index (κ1) is 14.1. The minimum absolute atomic E-state index is 0.0310. The van der Waals surface area contributed by atoms with E-state index in [-0.39, 0.29) is 23.7 Å². The third kappa shape index (κ3) is 3.78. The van der Waals surface area contributed by atoms with Crippen LogP contribution in [0, 0.1) is 0 Å². The summed E-state index contributed by atoms with van der Waals surface area (Å²) in [5.74, 6) is -0.618. The highest BCUT2D eigenvalue weighted by molar-refractivity contribution is 6.33. The second-order valence-electron chi connectivity index (χ2n) is 3.09. The first-order valence-corrected chi connectivity index (χ1v) is 5.49. The van der Waals surface area contributed by atoms with E-state index in [4.69, 9.17) is 23.2 Å². The third-order valence-electron chi connectivity index (χ3n) is 1.92. The number of carbonyl (C=O) groups is 1. The van der Waals surface area contributed by atoms with Gasteiger partial charge in [0.05, 0.1) is 18.6 Å². The zero-order chi connectivity index (χ0) is 13.0. The highest BCUT2D eigenvalue weighted by Gasteiger charge is 2.21. The van der Waals surface area contributed by atoms with Gasteiger partial charge in [-0.2, -0.15) is 0 Å². The van der Waals surface area contributed by atoms with Gasteiger partial charge in [-0.3, -0.25) is 4.79 Å². The topological polar surface area (TPSA) is 39.2 Å². The molecule has 0 aromatic carbocycles. The smallest absolute Gasteiger partial charge is 0.310 e. The summed E-state index contributed by atoms with van der Waals surface area (Å²) in [4.78, 5) is 14.7. The number of esters is 1. The van der Waals surface area contributed by atoms with Crippen LogP contribution < -0.4 is 0 Å². The number of ether oxygens (including phenoxy) is 1. The number of rotatable bonds is 4. The van der Waals surface area contributed by atoms with Gasteiger partial charge in [-0.15, -0.1) is 0 Å². The summed E-state index contributed by atoms with van der Waals surface area (Å²) in [6.07, 6.45) is -3.13. The molecule has 1 rings (SSSR count). The van der Waals surface area contributed by atoms with E-state index in [2.05, 4.69) is 9.72 Å². The lowest BCUT2D eigenvalue weighted by molar-refractivity contribution is -0.142. The van der Waals surface area contributed by atoms with Crippen LogP contribution in [0.2, 0.25) is 10.3 Å². The van der Waals surface area contributed by atoms with E-state index >= 15 is 0 Å². The van der Waals surface area contributed by atoms with Gasteiger partial charge in [0.25, 0.3) is 6.43 Å². The van der Waals surface area contributed by atoms with Crippen LogP contribution in [-0.2, 0) is 16.0 Å². The maximum atomic E-state index is 12.7. The Labute approximate surface area is 107 Å². The molecule has 17 heavy (non-hydrogen) atoms. The van der Waals surface area contributed by atoms with E-state index in [1.54, 1.807) is 6.92 Å². The van der Waals surface area contributed by atoms with Gasteiger partial charge in [-0.05, 0) is 18.6 Å². The van der Waals surface area contributed by atoms with Crippen LogP contribution in [-0.4, -0.2) is 17.6 Å². The van der Waals surface area contributed by atoms with Crippen molar-refractivity contribution in [3.63, 3.8) is 0 Å². The summed E-state index contributed by atoms with van der Waals surface area (Å²) in [7, 11) is 0. The molecule has 0 saturated heterocycles. The number of aromatic nitrogens is 1. The van der Waals surface area contributed by atoms with Crippen molar-refractivity contribution in [3.05, 3.63) is 27.5 Å². The van der Waals surface area contributed by atoms with E-state index in [0.29, 0.717) is 0 Å². The van der Waals surface area contributed by atoms with Crippen molar-refractivity contribution >= 4 is 29.2 Å². The van der Waals surface area contributed by atoms with Crippen LogP contribution in [0.5, 0.6) is 0 Å². The largest absolute Gasteiger partial charge is 0.466 e. The number of nitrogens with zero attached hydrogens (tertiary/aromatic N) is 1. The average molecular weight is 284 g/mol. The van der Waals surface area contributed by atoms with Crippen LogP contribution in [0.3, 0.4) is 0 Å². The first-order valence-electron chi connectivity index (χ1n) is 4.74. The molecule has 0 aliphatic carbocycles. The lowest BCUT2D eigenvalue weighted by Gasteiger charge is -2.10. The molecule has 0 fully saturated rings. The van der Waals surface area contributed by atoms with Gasteiger partial charge in [0.2, 0.25) is 0 Å². The standard InChI is InChI=1S/C10H9Cl2F2NO2/c1-2-17-7(16)4-5-3-6(11)15-9(12)8(5)10(13)14/h3,10H,2,4H2,1H3.